The molecule has 0 amide bonds. The van der Waals surface area contributed by atoms with E-state index in [9.17, 15) is 5.11 Å². The first-order chi connectivity index (χ1) is 8.09. The lowest BCUT2D eigenvalue weighted by atomic mass is 10.0. The smallest absolute Gasteiger partial charge is 0.102 e. The Morgan fingerprint density at radius 2 is 2.24 bits per heavy atom. The molecule has 1 aromatic carbocycles. The van der Waals surface area contributed by atoms with Crippen molar-refractivity contribution >= 4 is 0 Å². The van der Waals surface area contributed by atoms with Crippen LogP contribution in [0.3, 0.4) is 0 Å². The van der Waals surface area contributed by atoms with Crippen molar-refractivity contribution in [2.75, 3.05) is 19.8 Å². The summed E-state index contributed by atoms with van der Waals surface area (Å²) in [6.07, 6.45) is 0.729. The maximum Gasteiger partial charge on any atom is 0.102 e. The van der Waals surface area contributed by atoms with E-state index in [2.05, 4.69) is 37.4 Å². The molecule has 1 fully saturated rings. The number of ether oxygens (including phenoxy) is 1. The average Bonchev–Trinajstić information content (AvgIpc) is 2.71. The molecule has 0 saturated carbocycles. The molecule has 1 aliphatic heterocycles. The predicted octanol–water partition coefficient (Wildman–Crippen LogP) is 1.54. The van der Waals surface area contributed by atoms with Crippen LogP contribution < -0.4 is 5.32 Å². The molecule has 1 unspecified atom stereocenters. The maximum atomic E-state index is 10.1. The van der Waals surface area contributed by atoms with Crippen LogP contribution in [-0.2, 0) is 11.3 Å². The third-order valence-corrected chi connectivity index (χ3v) is 3.36. The molecular formula is C14H21NO2. The summed E-state index contributed by atoms with van der Waals surface area (Å²) < 4.78 is 5.22. The van der Waals surface area contributed by atoms with Crippen LogP contribution in [0.15, 0.2) is 18.2 Å². The highest BCUT2D eigenvalue weighted by Crippen LogP contribution is 2.17. The van der Waals surface area contributed by atoms with Gasteiger partial charge in [0.1, 0.15) is 5.60 Å². The number of nitrogens with one attached hydrogen (secondary N) is 1. The van der Waals surface area contributed by atoms with E-state index in [1.165, 1.54) is 16.7 Å². The monoisotopic (exact) mass is 235 g/mol. The number of aryl methyl sites for hydroxylation is 2. The fourth-order valence-electron chi connectivity index (χ4n) is 2.16. The largest absolute Gasteiger partial charge is 0.386 e. The van der Waals surface area contributed by atoms with Gasteiger partial charge in [-0.05, 0) is 25.0 Å². The van der Waals surface area contributed by atoms with E-state index in [-0.39, 0.29) is 0 Å². The Morgan fingerprint density at radius 3 is 2.94 bits per heavy atom. The number of aliphatic hydroxyl groups is 1. The lowest BCUT2D eigenvalue weighted by Gasteiger charge is -2.21. The summed E-state index contributed by atoms with van der Waals surface area (Å²) >= 11 is 0. The summed E-state index contributed by atoms with van der Waals surface area (Å²) in [4.78, 5) is 0. The Kier molecular flexibility index (Phi) is 3.82. The highest BCUT2D eigenvalue weighted by Gasteiger charge is 2.31. The Bertz CT molecular complexity index is 384. The molecule has 3 heteroatoms. The Labute approximate surface area is 103 Å². The fraction of sp³-hybridized carbons (Fsp3) is 0.571. The number of hydrogen-bond donors (Lipinski definition) is 2. The first-order valence-electron chi connectivity index (χ1n) is 6.16. The van der Waals surface area contributed by atoms with E-state index in [1.54, 1.807) is 0 Å². The summed E-state index contributed by atoms with van der Waals surface area (Å²) in [6, 6.07) is 6.45. The van der Waals surface area contributed by atoms with Gasteiger partial charge in [0.25, 0.3) is 0 Å². The van der Waals surface area contributed by atoms with Gasteiger partial charge in [-0.25, -0.2) is 0 Å². The van der Waals surface area contributed by atoms with Crippen molar-refractivity contribution < 1.29 is 9.84 Å². The van der Waals surface area contributed by atoms with Crippen LogP contribution in [0.2, 0.25) is 0 Å². The molecule has 1 aromatic rings. The highest BCUT2D eigenvalue weighted by atomic mass is 16.5. The van der Waals surface area contributed by atoms with Gasteiger partial charge < -0.3 is 15.2 Å². The van der Waals surface area contributed by atoms with Gasteiger partial charge in [0, 0.05) is 26.1 Å². The zero-order valence-electron chi connectivity index (χ0n) is 10.6. The van der Waals surface area contributed by atoms with Crippen molar-refractivity contribution in [1.29, 1.82) is 0 Å². The average molecular weight is 235 g/mol. The zero-order chi connectivity index (χ0) is 12.3. The molecule has 1 aliphatic rings. The quantitative estimate of drug-likeness (QED) is 0.832. The van der Waals surface area contributed by atoms with Crippen molar-refractivity contribution in [2.45, 2.75) is 32.4 Å². The Balaban J connectivity index is 1.87. The predicted molar refractivity (Wildman–Crippen MR) is 68.0 cm³/mol. The van der Waals surface area contributed by atoms with Crippen LogP contribution in [-0.4, -0.2) is 30.5 Å². The van der Waals surface area contributed by atoms with Crippen LogP contribution in [0.25, 0.3) is 0 Å². The van der Waals surface area contributed by atoms with E-state index >= 15 is 0 Å². The van der Waals surface area contributed by atoms with Crippen LogP contribution in [0, 0.1) is 13.8 Å². The fourth-order valence-corrected chi connectivity index (χ4v) is 2.16. The van der Waals surface area contributed by atoms with Gasteiger partial charge in [0.05, 0.1) is 6.61 Å². The minimum atomic E-state index is -0.669. The molecule has 0 bridgehead atoms. The molecule has 2 rings (SSSR count). The van der Waals surface area contributed by atoms with Gasteiger partial charge in [-0.1, -0.05) is 23.8 Å². The summed E-state index contributed by atoms with van der Waals surface area (Å²) in [5.74, 6) is 0. The third kappa shape index (κ3) is 3.28. The van der Waals surface area contributed by atoms with Crippen LogP contribution in [0.5, 0.6) is 0 Å². The van der Waals surface area contributed by atoms with Crippen LogP contribution >= 0.6 is 0 Å². The van der Waals surface area contributed by atoms with Gasteiger partial charge in [0.2, 0.25) is 0 Å². The second kappa shape index (κ2) is 5.17. The molecule has 1 atom stereocenters. The summed E-state index contributed by atoms with van der Waals surface area (Å²) in [5, 5.41) is 13.4. The summed E-state index contributed by atoms with van der Waals surface area (Å²) in [5.41, 5.74) is 3.19. The number of hydrogen-bond acceptors (Lipinski definition) is 3. The molecule has 2 N–H and O–H groups in total. The van der Waals surface area contributed by atoms with Crippen molar-refractivity contribution in [1.82, 2.24) is 5.32 Å². The molecule has 0 spiro atoms. The van der Waals surface area contributed by atoms with Gasteiger partial charge in [-0.15, -0.1) is 0 Å². The normalized spacial score (nSPS) is 24.2. The van der Waals surface area contributed by atoms with Gasteiger partial charge in [-0.2, -0.15) is 0 Å². The van der Waals surface area contributed by atoms with Crippen molar-refractivity contribution in [3.05, 3.63) is 34.9 Å². The molecule has 1 heterocycles. The standard InChI is InChI=1S/C14H21NO2/c1-11-3-4-12(2)13(7-11)8-15-9-14(16)5-6-17-10-14/h3-4,7,15-16H,5-6,8-10H2,1-2H3. The second-order valence-corrected chi connectivity index (χ2v) is 5.06. The summed E-state index contributed by atoms with van der Waals surface area (Å²) in [6.45, 7) is 6.73. The van der Waals surface area contributed by atoms with Gasteiger partial charge in [0.15, 0.2) is 0 Å². The minimum absolute atomic E-state index is 0.451. The van der Waals surface area contributed by atoms with Crippen LogP contribution in [0.1, 0.15) is 23.1 Å². The summed E-state index contributed by atoms with van der Waals surface area (Å²) in [7, 11) is 0. The molecule has 0 radical (unpaired) electrons. The van der Waals surface area contributed by atoms with Crippen molar-refractivity contribution in [3.63, 3.8) is 0 Å². The van der Waals surface area contributed by atoms with E-state index < -0.39 is 5.60 Å². The topological polar surface area (TPSA) is 41.5 Å². The van der Waals surface area contributed by atoms with E-state index in [1.807, 2.05) is 0 Å². The molecule has 0 aliphatic carbocycles. The highest BCUT2D eigenvalue weighted by molar-refractivity contribution is 5.30. The third-order valence-electron chi connectivity index (χ3n) is 3.36. The first-order valence-corrected chi connectivity index (χ1v) is 6.16. The SMILES string of the molecule is Cc1ccc(C)c(CNCC2(O)CCOC2)c1. The number of benzene rings is 1. The first kappa shape index (κ1) is 12.6. The van der Waals surface area contributed by atoms with Crippen molar-refractivity contribution in [3.8, 4) is 0 Å². The molecular weight excluding hydrogens is 214 g/mol. The number of rotatable bonds is 4. The zero-order valence-corrected chi connectivity index (χ0v) is 10.6. The maximum absolute atomic E-state index is 10.1. The van der Waals surface area contributed by atoms with E-state index in [4.69, 9.17) is 4.74 Å². The lowest BCUT2D eigenvalue weighted by molar-refractivity contribution is 0.0268. The molecule has 94 valence electrons. The lowest BCUT2D eigenvalue weighted by Crippen LogP contribution is -2.40. The molecule has 0 aromatic heterocycles. The van der Waals surface area contributed by atoms with Crippen molar-refractivity contribution in [2.24, 2.45) is 0 Å². The Morgan fingerprint density at radius 1 is 1.41 bits per heavy atom. The Hall–Kier alpha value is -0.900. The van der Waals surface area contributed by atoms with Gasteiger partial charge >= 0.3 is 0 Å². The molecule has 17 heavy (non-hydrogen) atoms. The van der Waals surface area contributed by atoms with E-state index in [0.717, 1.165) is 13.0 Å². The van der Waals surface area contributed by atoms with Crippen LogP contribution in [0.4, 0.5) is 0 Å². The molecule has 3 nitrogen and oxygen atoms in total. The molecule has 1 saturated heterocycles. The van der Waals surface area contributed by atoms with Gasteiger partial charge in [-0.3, -0.25) is 0 Å². The minimum Gasteiger partial charge on any atom is -0.386 e. The second-order valence-electron chi connectivity index (χ2n) is 5.06. The van der Waals surface area contributed by atoms with E-state index in [0.29, 0.717) is 19.8 Å².